The first kappa shape index (κ1) is 21.0. The van der Waals surface area contributed by atoms with E-state index in [1.807, 2.05) is 34.1 Å². The molecule has 1 N–H and O–H groups in total. The number of aliphatic hydroxyl groups is 1. The highest BCUT2D eigenvalue weighted by Gasteiger charge is 2.45. The van der Waals surface area contributed by atoms with E-state index in [0.717, 1.165) is 68.9 Å². The molecule has 168 valence electrons. The van der Waals surface area contributed by atoms with Gasteiger partial charge >= 0.3 is 0 Å². The number of hydrogen-bond donors (Lipinski definition) is 1. The average Bonchev–Trinajstić information content (AvgIpc) is 3.08. The van der Waals surface area contributed by atoms with Gasteiger partial charge in [-0.1, -0.05) is 50.3 Å². The Bertz CT molecular complexity index is 847. The lowest BCUT2D eigenvalue weighted by molar-refractivity contribution is -0.146. The van der Waals surface area contributed by atoms with E-state index in [9.17, 15) is 14.7 Å². The van der Waals surface area contributed by atoms with Crippen LogP contribution >= 0.6 is 0 Å². The van der Waals surface area contributed by atoms with Crippen LogP contribution in [0.3, 0.4) is 0 Å². The van der Waals surface area contributed by atoms with Gasteiger partial charge in [0.1, 0.15) is 0 Å². The maximum Gasteiger partial charge on any atom is 0.254 e. The van der Waals surface area contributed by atoms with E-state index in [1.165, 1.54) is 6.42 Å². The summed E-state index contributed by atoms with van der Waals surface area (Å²) in [5.74, 6) is 0.591. The lowest BCUT2D eigenvalue weighted by Crippen LogP contribution is -2.55. The maximum absolute atomic E-state index is 13.5. The Morgan fingerprint density at radius 1 is 1.03 bits per heavy atom. The number of rotatable bonds is 4. The van der Waals surface area contributed by atoms with Crippen molar-refractivity contribution in [3.63, 3.8) is 0 Å². The predicted molar refractivity (Wildman–Crippen MR) is 119 cm³/mol. The van der Waals surface area contributed by atoms with Crippen LogP contribution in [0.15, 0.2) is 24.3 Å². The molecule has 2 aliphatic heterocycles. The normalized spacial score (nSPS) is 30.1. The lowest BCUT2D eigenvalue weighted by atomic mass is 9.69. The summed E-state index contributed by atoms with van der Waals surface area (Å²) in [6, 6.07) is 7.90. The number of piperidine rings is 1. The Kier molecular flexibility index (Phi) is 5.58. The summed E-state index contributed by atoms with van der Waals surface area (Å²) in [4.78, 5) is 30.5. The van der Waals surface area contributed by atoms with E-state index in [4.69, 9.17) is 0 Å². The third kappa shape index (κ3) is 4.02. The van der Waals surface area contributed by atoms with Gasteiger partial charge < -0.3 is 14.9 Å². The molecule has 4 aliphatic rings. The van der Waals surface area contributed by atoms with E-state index in [0.29, 0.717) is 32.6 Å². The first-order valence-electron chi connectivity index (χ1n) is 12.4. The molecule has 5 heteroatoms. The molecule has 2 unspecified atom stereocenters. The zero-order chi connectivity index (χ0) is 21.5. The summed E-state index contributed by atoms with van der Waals surface area (Å²) in [6.07, 6.45) is 11.0. The van der Waals surface area contributed by atoms with E-state index >= 15 is 0 Å². The fourth-order valence-corrected chi connectivity index (χ4v) is 6.77. The molecule has 2 saturated carbocycles. The van der Waals surface area contributed by atoms with Crippen LogP contribution in [-0.2, 0) is 11.3 Å². The third-order valence-electron chi connectivity index (χ3n) is 8.64. The predicted octanol–water partition coefficient (Wildman–Crippen LogP) is 4.14. The summed E-state index contributed by atoms with van der Waals surface area (Å²) in [6.45, 7) is 2.74. The molecule has 2 atom stereocenters. The molecule has 5 rings (SSSR count). The first-order chi connectivity index (χ1) is 15.0. The number of nitrogens with zero attached hydrogens (tertiary/aromatic N) is 2. The Balaban J connectivity index is 1.28. The van der Waals surface area contributed by atoms with Crippen molar-refractivity contribution in [2.24, 2.45) is 11.3 Å². The number of hydrogen-bond acceptors (Lipinski definition) is 3. The zero-order valence-corrected chi connectivity index (χ0v) is 18.7. The monoisotopic (exact) mass is 424 g/mol. The van der Waals surface area contributed by atoms with Gasteiger partial charge in [-0.05, 0) is 49.1 Å². The molecule has 2 heterocycles. The Morgan fingerprint density at radius 3 is 2.61 bits per heavy atom. The fraction of sp³-hybridized carbons (Fsp3) is 0.692. The van der Waals surface area contributed by atoms with Crippen molar-refractivity contribution in [3.8, 4) is 0 Å². The maximum atomic E-state index is 13.5. The van der Waals surface area contributed by atoms with Crippen molar-refractivity contribution in [3.05, 3.63) is 35.4 Å². The molecule has 1 saturated heterocycles. The molecule has 3 fully saturated rings. The van der Waals surface area contributed by atoms with Crippen molar-refractivity contribution in [2.75, 3.05) is 19.6 Å². The fourth-order valence-electron chi connectivity index (χ4n) is 6.77. The van der Waals surface area contributed by atoms with Crippen LogP contribution in [0.2, 0.25) is 0 Å². The quantitative estimate of drug-likeness (QED) is 0.790. The number of carbonyl (C=O) groups excluding carboxylic acids is 2. The van der Waals surface area contributed by atoms with Crippen molar-refractivity contribution in [1.29, 1.82) is 0 Å². The highest BCUT2D eigenvalue weighted by molar-refractivity contribution is 5.98. The Hall–Kier alpha value is -1.88. The van der Waals surface area contributed by atoms with Crippen LogP contribution in [0.5, 0.6) is 0 Å². The molecule has 2 amide bonds. The number of likely N-dealkylation sites (tertiary alicyclic amines) is 1. The van der Waals surface area contributed by atoms with Crippen LogP contribution in [-0.4, -0.2) is 52.0 Å². The molecule has 5 nitrogen and oxygen atoms in total. The molecule has 0 spiro atoms. The second kappa shape index (κ2) is 8.23. The van der Waals surface area contributed by atoms with Crippen molar-refractivity contribution >= 4 is 11.8 Å². The molecular weight excluding hydrogens is 388 g/mol. The van der Waals surface area contributed by atoms with E-state index < -0.39 is 5.60 Å². The van der Waals surface area contributed by atoms with E-state index in [1.54, 1.807) is 0 Å². The van der Waals surface area contributed by atoms with Crippen molar-refractivity contribution < 1.29 is 14.7 Å². The summed E-state index contributed by atoms with van der Waals surface area (Å²) in [5.41, 5.74) is 1.28. The molecule has 2 aliphatic carbocycles. The smallest absolute Gasteiger partial charge is 0.254 e. The number of benzene rings is 1. The number of amides is 2. The van der Waals surface area contributed by atoms with Gasteiger partial charge in [0.15, 0.2) is 0 Å². The van der Waals surface area contributed by atoms with Crippen LogP contribution in [0, 0.1) is 11.3 Å². The largest absolute Gasteiger partial charge is 0.389 e. The Morgan fingerprint density at radius 2 is 1.81 bits per heavy atom. The van der Waals surface area contributed by atoms with Gasteiger partial charge in [0.25, 0.3) is 5.91 Å². The average molecular weight is 425 g/mol. The highest BCUT2D eigenvalue weighted by Crippen LogP contribution is 2.44. The molecule has 0 bridgehead atoms. The van der Waals surface area contributed by atoms with Gasteiger partial charge in [-0.15, -0.1) is 0 Å². The molecular formula is C26H36N2O3. The SMILES string of the molecule is O=C(CC1(CN2Cc3ccccc3C2=O)CCCCC1)N1CCC2(O)CCCCC2C1. The van der Waals surface area contributed by atoms with Gasteiger partial charge in [0, 0.05) is 44.1 Å². The highest BCUT2D eigenvalue weighted by atomic mass is 16.3. The number of carbonyl (C=O) groups is 2. The van der Waals surface area contributed by atoms with Gasteiger partial charge in [-0.25, -0.2) is 0 Å². The molecule has 31 heavy (non-hydrogen) atoms. The van der Waals surface area contributed by atoms with E-state index in [2.05, 4.69) is 0 Å². The summed E-state index contributed by atoms with van der Waals surface area (Å²) >= 11 is 0. The number of fused-ring (bicyclic) bond motifs is 2. The molecule has 0 radical (unpaired) electrons. The van der Waals surface area contributed by atoms with Gasteiger partial charge in [0.05, 0.1) is 5.60 Å². The Labute approximate surface area is 185 Å². The third-order valence-corrected chi connectivity index (χ3v) is 8.64. The second-order valence-corrected chi connectivity index (χ2v) is 10.7. The molecule has 1 aromatic carbocycles. The molecule has 1 aromatic rings. The minimum absolute atomic E-state index is 0.104. The second-order valence-electron chi connectivity index (χ2n) is 10.7. The minimum Gasteiger partial charge on any atom is -0.389 e. The van der Waals surface area contributed by atoms with Crippen LogP contribution < -0.4 is 0 Å². The van der Waals surface area contributed by atoms with Crippen LogP contribution in [0.25, 0.3) is 0 Å². The van der Waals surface area contributed by atoms with Crippen LogP contribution in [0.1, 0.15) is 86.6 Å². The van der Waals surface area contributed by atoms with Gasteiger partial charge in [0.2, 0.25) is 5.91 Å². The van der Waals surface area contributed by atoms with E-state index in [-0.39, 0.29) is 23.1 Å². The molecule has 0 aromatic heterocycles. The first-order valence-corrected chi connectivity index (χ1v) is 12.4. The van der Waals surface area contributed by atoms with Gasteiger partial charge in [-0.2, -0.15) is 0 Å². The lowest BCUT2D eigenvalue weighted by Gasteiger charge is -2.48. The van der Waals surface area contributed by atoms with Crippen molar-refractivity contribution in [2.45, 2.75) is 82.8 Å². The zero-order valence-electron chi connectivity index (χ0n) is 18.7. The summed E-state index contributed by atoms with van der Waals surface area (Å²) in [5, 5.41) is 11.0. The van der Waals surface area contributed by atoms with Crippen molar-refractivity contribution in [1.82, 2.24) is 9.80 Å². The standard InChI is InChI=1S/C26H36N2O3/c29-23(27-15-14-26(31)13-7-4-9-21(26)18-27)16-25(11-5-1-6-12-25)19-28-17-20-8-2-3-10-22(20)24(28)30/h2-3,8,10,21,31H,1,4-7,9,11-19H2. The summed E-state index contributed by atoms with van der Waals surface area (Å²) in [7, 11) is 0. The van der Waals surface area contributed by atoms with Crippen LogP contribution in [0.4, 0.5) is 0 Å². The topological polar surface area (TPSA) is 60.9 Å². The summed E-state index contributed by atoms with van der Waals surface area (Å²) < 4.78 is 0. The van der Waals surface area contributed by atoms with Gasteiger partial charge in [-0.3, -0.25) is 9.59 Å². The minimum atomic E-state index is -0.550.